The van der Waals surface area contributed by atoms with E-state index in [9.17, 15) is 14.4 Å². The van der Waals surface area contributed by atoms with Crippen molar-refractivity contribution in [2.45, 2.75) is 31.7 Å². The number of rotatable bonds is 6. The van der Waals surface area contributed by atoms with Crippen LogP contribution in [0.3, 0.4) is 0 Å². The second-order valence-electron chi connectivity index (χ2n) is 9.86. The van der Waals surface area contributed by atoms with E-state index in [-0.39, 0.29) is 23.8 Å². The van der Waals surface area contributed by atoms with Gasteiger partial charge in [0.15, 0.2) is 5.69 Å². The van der Waals surface area contributed by atoms with Crippen LogP contribution in [0.2, 0.25) is 0 Å². The molecule has 0 fully saturated rings. The fourth-order valence-corrected chi connectivity index (χ4v) is 4.62. The Morgan fingerprint density at radius 2 is 1.65 bits per heavy atom. The van der Waals surface area contributed by atoms with Gasteiger partial charge in [-0.2, -0.15) is 5.10 Å². The molecule has 1 aromatic heterocycles. The zero-order valence-electron chi connectivity index (χ0n) is 22.0. The van der Waals surface area contributed by atoms with Gasteiger partial charge in [-0.1, -0.05) is 24.3 Å². The van der Waals surface area contributed by atoms with Gasteiger partial charge in [0.25, 0.3) is 11.8 Å². The molecule has 0 saturated carbocycles. The molecular weight excluding hydrogens is 468 g/mol. The number of anilines is 1. The first kappa shape index (κ1) is 25.9. The van der Waals surface area contributed by atoms with E-state index in [0.29, 0.717) is 23.5 Å². The molecule has 0 radical (unpaired) electrons. The standard InChI is InChI=1S/C28H34N6O3/c1-32(2)27(36)20-10-8-19(9-11-20)21-12-15-24-23(16-21)25(31-34(24)5)26(35)29-17-18-6-13-22(14-7-18)30-28(37)33(3)4/h6-11,13-14,21H,12,15-17H2,1-5H3,(H,29,35)(H,30,37)/t21-/m0/s1. The molecule has 1 atom stereocenters. The van der Waals surface area contributed by atoms with Gasteiger partial charge in [-0.15, -0.1) is 0 Å². The van der Waals surface area contributed by atoms with Crippen molar-refractivity contribution in [1.82, 2.24) is 24.9 Å². The van der Waals surface area contributed by atoms with Crippen LogP contribution in [0.15, 0.2) is 48.5 Å². The number of hydrogen-bond acceptors (Lipinski definition) is 4. The summed E-state index contributed by atoms with van der Waals surface area (Å²) in [6, 6.07) is 15.0. The maximum atomic E-state index is 13.1. The van der Waals surface area contributed by atoms with Crippen molar-refractivity contribution < 1.29 is 14.4 Å². The van der Waals surface area contributed by atoms with Gasteiger partial charge in [-0.05, 0) is 60.6 Å². The minimum absolute atomic E-state index is 0.0170. The van der Waals surface area contributed by atoms with Crippen molar-refractivity contribution in [2.24, 2.45) is 7.05 Å². The van der Waals surface area contributed by atoms with Crippen molar-refractivity contribution in [3.8, 4) is 0 Å². The second kappa shape index (κ2) is 10.9. The van der Waals surface area contributed by atoms with Crippen LogP contribution in [-0.2, 0) is 26.4 Å². The van der Waals surface area contributed by atoms with Crippen LogP contribution >= 0.6 is 0 Å². The first-order chi connectivity index (χ1) is 17.6. The lowest BCUT2D eigenvalue weighted by atomic mass is 9.81. The molecule has 0 aliphatic heterocycles. The Kier molecular flexibility index (Phi) is 7.61. The van der Waals surface area contributed by atoms with Gasteiger partial charge in [-0.3, -0.25) is 14.3 Å². The van der Waals surface area contributed by atoms with E-state index in [2.05, 4.69) is 15.7 Å². The highest BCUT2D eigenvalue weighted by Crippen LogP contribution is 2.34. The molecule has 9 nitrogen and oxygen atoms in total. The largest absolute Gasteiger partial charge is 0.347 e. The highest BCUT2D eigenvalue weighted by atomic mass is 16.2. The van der Waals surface area contributed by atoms with Crippen LogP contribution < -0.4 is 10.6 Å². The van der Waals surface area contributed by atoms with Crippen molar-refractivity contribution in [1.29, 1.82) is 0 Å². The smallest absolute Gasteiger partial charge is 0.321 e. The van der Waals surface area contributed by atoms with Crippen molar-refractivity contribution in [2.75, 3.05) is 33.5 Å². The SMILES string of the molecule is CN(C)C(=O)Nc1ccc(CNC(=O)c2nn(C)c3c2C[C@@H](c2ccc(C(=O)N(C)C)cc2)CC3)cc1. The topological polar surface area (TPSA) is 99.6 Å². The third-order valence-corrected chi connectivity index (χ3v) is 6.77. The summed E-state index contributed by atoms with van der Waals surface area (Å²) in [4.78, 5) is 40.2. The lowest BCUT2D eigenvalue weighted by Crippen LogP contribution is -2.27. The highest BCUT2D eigenvalue weighted by molar-refractivity contribution is 5.94. The van der Waals surface area contributed by atoms with Crippen molar-refractivity contribution in [3.05, 3.63) is 82.2 Å². The zero-order chi connectivity index (χ0) is 26.7. The number of aromatic nitrogens is 2. The molecule has 0 saturated heterocycles. The molecule has 2 aromatic carbocycles. The number of carbonyl (C=O) groups is 3. The molecular formula is C28H34N6O3. The lowest BCUT2D eigenvalue weighted by molar-refractivity contribution is 0.0827. The minimum Gasteiger partial charge on any atom is -0.347 e. The van der Waals surface area contributed by atoms with Gasteiger partial charge >= 0.3 is 6.03 Å². The molecule has 0 bridgehead atoms. The summed E-state index contributed by atoms with van der Waals surface area (Å²) in [5.41, 5.74) is 6.01. The monoisotopic (exact) mass is 502 g/mol. The lowest BCUT2D eigenvalue weighted by Gasteiger charge is -2.24. The van der Waals surface area contributed by atoms with Gasteiger partial charge in [0.2, 0.25) is 0 Å². The van der Waals surface area contributed by atoms with Gasteiger partial charge in [-0.25, -0.2) is 4.79 Å². The molecule has 1 aliphatic carbocycles. The number of fused-ring (bicyclic) bond motifs is 1. The Morgan fingerprint density at radius 3 is 2.27 bits per heavy atom. The normalized spacial score (nSPS) is 14.5. The van der Waals surface area contributed by atoms with Gasteiger partial charge in [0.1, 0.15) is 0 Å². The van der Waals surface area contributed by atoms with E-state index in [1.54, 1.807) is 33.1 Å². The first-order valence-electron chi connectivity index (χ1n) is 12.4. The van der Waals surface area contributed by atoms with E-state index in [4.69, 9.17) is 0 Å². The van der Waals surface area contributed by atoms with Gasteiger partial charge in [0.05, 0.1) is 0 Å². The Hall–Kier alpha value is -4.14. The highest BCUT2D eigenvalue weighted by Gasteiger charge is 2.29. The Bertz CT molecular complexity index is 1290. The average Bonchev–Trinajstić information content (AvgIpc) is 3.23. The van der Waals surface area contributed by atoms with E-state index >= 15 is 0 Å². The second-order valence-corrected chi connectivity index (χ2v) is 9.86. The number of nitrogens with one attached hydrogen (secondary N) is 2. The predicted molar refractivity (Wildman–Crippen MR) is 143 cm³/mol. The maximum Gasteiger partial charge on any atom is 0.321 e. The summed E-state index contributed by atoms with van der Waals surface area (Å²) in [5, 5.41) is 10.3. The van der Waals surface area contributed by atoms with Crippen LogP contribution in [0.4, 0.5) is 10.5 Å². The molecule has 2 N–H and O–H groups in total. The predicted octanol–water partition coefficient (Wildman–Crippen LogP) is 3.42. The van der Waals surface area contributed by atoms with E-state index in [0.717, 1.165) is 41.6 Å². The van der Waals surface area contributed by atoms with Crippen LogP contribution in [-0.4, -0.2) is 65.6 Å². The van der Waals surface area contributed by atoms with E-state index in [1.165, 1.54) is 4.90 Å². The molecule has 194 valence electrons. The Balaban J connectivity index is 1.42. The summed E-state index contributed by atoms with van der Waals surface area (Å²) in [6.07, 6.45) is 2.54. The molecule has 4 rings (SSSR count). The number of aryl methyl sites for hydroxylation is 1. The summed E-state index contributed by atoms with van der Waals surface area (Å²) in [7, 11) is 8.74. The maximum absolute atomic E-state index is 13.1. The summed E-state index contributed by atoms with van der Waals surface area (Å²) < 4.78 is 1.82. The molecule has 1 heterocycles. The van der Waals surface area contributed by atoms with Gasteiger partial charge < -0.3 is 20.4 Å². The Labute approximate surface area is 217 Å². The van der Waals surface area contributed by atoms with Crippen LogP contribution in [0.1, 0.15) is 55.6 Å². The van der Waals surface area contributed by atoms with Crippen LogP contribution in [0.25, 0.3) is 0 Å². The number of benzene rings is 2. The fraction of sp³-hybridized carbons (Fsp3) is 0.357. The molecule has 9 heteroatoms. The van der Waals surface area contributed by atoms with Crippen molar-refractivity contribution >= 4 is 23.5 Å². The van der Waals surface area contributed by atoms with Gasteiger partial charge in [0, 0.05) is 64.3 Å². The molecule has 1 aliphatic rings. The average molecular weight is 503 g/mol. The molecule has 4 amide bonds. The number of nitrogens with zero attached hydrogens (tertiary/aromatic N) is 4. The molecule has 0 unspecified atom stereocenters. The summed E-state index contributed by atoms with van der Waals surface area (Å²) in [6.45, 7) is 0.358. The van der Waals surface area contributed by atoms with Crippen LogP contribution in [0.5, 0.6) is 0 Å². The Morgan fingerprint density at radius 1 is 0.973 bits per heavy atom. The third kappa shape index (κ3) is 5.82. The zero-order valence-corrected chi connectivity index (χ0v) is 22.0. The summed E-state index contributed by atoms with van der Waals surface area (Å²) in [5.74, 6) is 0.0442. The number of carbonyl (C=O) groups excluding carboxylic acids is 3. The molecule has 3 aromatic rings. The quantitative estimate of drug-likeness (QED) is 0.540. The fourth-order valence-electron chi connectivity index (χ4n) is 4.62. The number of hydrogen-bond donors (Lipinski definition) is 2. The molecule has 37 heavy (non-hydrogen) atoms. The van der Waals surface area contributed by atoms with Crippen molar-refractivity contribution in [3.63, 3.8) is 0 Å². The molecule has 0 spiro atoms. The summed E-state index contributed by atoms with van der Waals surface area (Å²) >= 11 is 0. The number of urea groups is 1. The van der Waals surface area contributed by atoms with E-state index < -0.39 is 0 Å². The third-order valence-electron chi connectivity index (χ3n) is 6.77. The first-order valence-corrected chi connectivity index (χ1v) is 12.4. The minimum atomic E-state index is -0.200. The van der Waals surface area contributed by atoms with Crippen LogP contribution in [0, 0.1) is 0 Å². The number of amides is 4. The van der Waals surface area contributed by atoms with E-state index in [1.807, 2.05) is 60.3 Å².